The lowest BCUT2D eigenvalue weighted by molar-refractivity contribution is -0.143. The van der Waals surface area contributed by atoms with Crippen molar-refractivity contribution in [3.63, 3.8) is 0 Å². The molecule has 4 saturated heterocycles. The average molecular weight is 597 g/mol. The van der Waals surface area contributed by atoms with Gasteiger partial charge in [0.05, 0.1) is 29.8 Å². The number of likely N-dealkylation sites (tertiary alicyclic amines) is 1. The van der Waals surface area contributed by atoms with E-state index in [1.54, 1.807) is 33.7 Å². The Balaban J connectivity index is 1.48. The van der Waals surface area contributed by atoms with E-state index in [2.05, 4.69) is 25.0 Å². The summed E-state index contributed by atoms with van der Waals surface area (Å²) in [4.78, 5) is 50.9. The predicted molar refractivity (Wildman–Crippen MR) is 165 cm³/mol. The number of anilines is 1. The van der Waals surface area contributed by atoms with E-state index in [9.17, 15) is 19.5 Å². The summed E-state index contributed by atoms with van der Waals surface area (Å²) in [6.07, 6.45) is 4.60. The molecule has 0 radical (unpaired) electrons. The maximum atomic E-state index is 14.6. The third-order valence-electron chi connectivity index (χ3n) is 9.42. The third kappa shape index (κ3) is 5.42. The van der Waals surface area contributed by atoms with Gasteiger partial charge in [-0.1, -0.05) is 37.3 Å². The summed E-state index contributed by atoms with van der Waals surface area (Å²) < 4.78 is 4.78. The number of amides is 3. The highest BCUT2D eigenvalue weighted by atomic mass is 32.2. The summed E-state index contributed by atoms with van der Waals surface area (Å²) in [5.74, 6) is -1.37. The van der Waals surface area contributed by atoms with E-state index in [-0.39, 0.29) is 42.0 Å². The van der Waals surface area contributed by atoms with E-state index in [4.69, 9.17) is 4.74 Å². The number of ether oxygens (including phenoxy) is 1. The quantitative estimate of drug-likeness (QED) is 0.349. The van der Waals surface area contributed by atoms with Crippen molar-refractivity contribution in [3.8, 4) is 0 Å². The second kappa shape index (κ2) is 13.3. The zero-order chi connectivity index (χ0) is 29.9. The third-order valence-corrected chi connectivity index (χ3v) is 11.5. The molecule has 2 bridgehead atoms. The van der Waals surface area contributed by atoms with E-state index < -0.39 is 22.6 Å². The number of benzene rings is 1. The van der Waals surface area contributed by atoms with Crippen molar-refractivity contribution in [1.82, 2.24) is 14.7 Å². The second-order valence-electron chi connectivity index (χ2n) is 11.8. The molecule has 1 aromatic rings. The SMILES string of the molecule is C=CCN(CCN1CCOCC1)C(=O)C1N(CCCO)C(=O)[C@@H]2[C@H](C(=O)N(CC=C)c3ccccc3)[C@@H]3CC(C)C12S3. The highest BCUT2D eigenvalue weighted by molar-refractivity contribution is 8.02. The van der Waals surface area contributed by atoms with Crippen LogP contribution in [0.3, 0.4) is 0 Å². The molecule has 0 aromatic heterocycles. The van der Waals surface area contributed by atoms with Gasteiger partial charge in [-0.3, -0.25) is 19.3 Å². The first-order valence-electron chi connectivity index (χ1n) is 15.1. The summed E-state index contributed by atoms with van der Waals surface area (Å²) in [6, 6.07) is 8.81. The fourth-order valence-electron chi connectivity index (χ4n) is 7.51. The van der Waals surface area contributed by atoms with Crippen molar-refractivity contribution in [2.45, 2.75) is 35.8 Å². The first-order chi connectivity index (χ1) is 20.4. The van der Waals surface area contributed by atoms with Crippen LogP contribution < -0.4 is 4.90 Å². The van der Waals surface area contributed by atoms with E-state index >= 15 is 0 Å². The first kappa shape index (κ1) is 30.8. The van der Waals surface area contributed by atoms with Crippen LogP contribution in [-0.4, -0.2) is 119 Å². The molecule has 3 unspecified atom stereocenters. The Morgan fingerprint density at radius 1 is 1.12 bits per heavy atom. The van der Waals surface area contributed by atoms with Gasteiger partial charge in [0.1, 0.15) is 6.04 Å². The summed E-state index contributed by atoms with van der Waals surface area (Å²) in [6.45, 7) is 15.1. The lowest BCUT2D eigenvalue weighted by Gasteiger charge is -2.41. The summed E-state index contributed by atoms with van der Waals surface area (Å²) in [5.41, 5.74) is 0.771. The molecule has 1 N–H and O–H groups in total. The van der Waals surface area contributed by atoms with Gasteiger partial charge in [-0.2, -0.15) is 0 Å². The number of aliphatic hydroxyl groups is 1. The van der Waals surface area contributed by atoms with Crippen molar-refractivity contribution in [2.75, 3.05) is 70.5 Å². The number of hydrogen-bond acceptors (Lipinski definition) is 7. The minimum Gasteiger partial charge on any atom is -0.396 e. The first-order valence-corrected chi connectivity index (χ1v) is 16.0. The topological polar surface area (TPSA) is 93.6 Å². The second-order valence-corrected chi connectivity index (χ2v) is 13.3. The van der Waals surface area contributed by atoms with Crippen molar-refractivity contribution in [3.05, 3.63) is 55.6 Å². The molecule has 4 aliphatic rings. The number of nitrogens with zero attached hydrogens (tertiary/aromatic N) is 4. The molecule has 5 rings (SSSR count). The zero-order valence-electron chi connectivity index (χ0n) is 24.6. The fourth-order valence-corrected chi connectivity index (χ4v) is 9.92. The monoisotopic (exact) mass is 596 g/mol. The molecule has 1 aromatic carbocycles. The highest BCUT2D eigenvalue weighted by Gasteiger charge is 2.76. The van der Waals surface area contributed by atoms with Gasteiger partial charge in [-0.15, -0.1) is 24.9 Å². The van der Waals surface area contributed by atoms with Gasteiger partial charge in [-0.05, 0) is 30.9 Å². The number of aliphatic hydroxyl groups excluding tert-OH is 1. The average Bonchev–Trinajstić information content (AvgIpc) is 3.60. The van der Waals surface area contributed by atoms with Crippen molar-refractivity contribution >= 4 is 35.2 Å². The minimum atomic E-state index is -0.705. The molecule has 9 nitrogen and oxygen atoms in total. The molecular weight excluding hydrogens is 552 g/mol. The lowest BCUT2D eigenvalue weighted by atomic mass is 9.65. The van der Waals surface area contributed by atoms with Crippen molar-refractivity contribution in [1.29, 1.82) is 0 Å². The van der Waals surface area contributed by atoms with Crippen LogP contribution in [0.5, 0.6) is 0 Å². The smallest absolute Gasteiger partial charge is 0.247 e. The molecule has 228 valence electrons. The van der Waals surface area contributed by atoms with Gasteiger partial charge < -0.3 is 24.5 Å². The molecule has 0 aliphatic carbocycles. The van der Waals surface area contributed by atoms with Crippen LogP contribution in [-0.2, 0) is 19.1 Å². The molecule has 4 heterocycles. The number of para-hydroxylation sites is 1. The predicted octanol–water partition coefficient (Wildman–Crippen LogP) is 2.27. The minimum absolute atomic E-state index is 0.0472. The van der Waals surface area contributed by atoms with Crippen molar-refractivity contribution in [2.24, 2.45) is 17.8 Å². The number of rotatable bonds is 13. The Labute approximate surface area is 253 Å². The number of hydrogen-bond donors (Lipinski definition) is 1. The van der Waals surface area contributed by atoms with Crippen LogP contribution in [0.1, 0.15) is 19.8 Å². The normalized spacial score (nSPS) is 30.3. The maximum absolute atomic E-state index is 14.6. The summed E-state index contributed by atoms with van der Waals surface area (Å²) in [5, 5.41) is 9.66. The number of morpholine rings is 1. The van der Waals surface area contributed by atoms with Gasteiger partial charge in [0.25, 0.3) is 0 Å². The van der Waals surface area contributed by atoms with Gasteiger partial charge >= 0.3 is 0 Å². The molecule has 1 spiro atoms. The van der Waals surface area contributed by atoms with E-state index in [0.717, 1.165) is 31.7 Å². The highest BCUT2D eigenvalue weighted by Crippen LogP contribution is 2.69. The number of carbonyl (C=O) groups excluding carboxylic acids is 3. The van der Waals surface area contributed by atoms with E-state index in [0.29, 0.717) is 39.3 Å². The van der Waals surface area contributed by atoms with Gasteiger partial charge in [0.15, 0.2) is 0 Å². The molecule has 10 heteroatoms. The number of fused-ring (bicyclic) bond motifs is 1. The van der Waals surface area contributed by atoms with Crippen LogP contribution >= 0.6 is 11.8 Å². The summed E-state index contributed by atoms with van der Waals surface area (Å²) in [7, 11) is 0. The lowest BCUT2D eigenvalue weighted by Crippen LogP contribution is -2.58. The Hall–Kier alpha value is -2.66. The van der Waals surface area contributed by atoms with Crippen LogP contribution in [0.15, 0.2) is 55.6 Å². The van der Waals surface area contributed by atoms with Gasteiger partial charge in [-0.25, -0.2) is 0 Å². The standard InChI is InChI=1S/C32H44N4O5S/c1-4-12-34(16-15-33-17-20-41-21-18-33)31(40)28-32-23(3)22-25(42-32)26(27(32)30(39)36(28)14-9-19-37)29(38)35(13-5-2)24-10-7-6-8-11-24/h4-8,10-11,23,25-28,37H,1-2,9,12-22H2,3H3/t23?,25-,26+,27-,28?,32?/m0/s1. The van der Waals surface area contributed by atoms with Crippen LogP contribution in [0.25, 0.3) is 0 Å². The molecule has 3 amide bonds. The molecular formula is C32H44N4O5S. The summed E-state index contributed by atoms with van der Waals surface area (Å²) >= 11 is 1.69. The molecule has 4 fully saturated rings. The van der Waals surface area contributed by atoms with Crippen LogP contribution in [0.4, 0.5) is 5.69 Å². The Morgan fingerprint density at radius 3 is 2.50 bits per heavy atom. The Kier molecular flexibility index (Phi) is 9.77. The zero-order valence-corrected chi connectivity index (χ0v) is 25.4. The van der Waals surface area contributed by atoms with E-state index in [1.807, 2.05) is 35.2 Å². The Bertz CT molecular complexity index is 1160. The van der Waals surface area contributed by atoms with Crippen molar-refractivity contribution < 1.29 is 24.2 Å². The van der Waals surface area contributed by atoms with Crippen LogP contribution in [0.2, 0.25) is 0 Å². The van der Waals surface area contributed by atoms with Gasteiger partial charge in [0.2, 0.25) is 17.7 Å². The fraction of sp³-hybridized carbons (Fsp3) is 0.594. The number of carbonyl (C=O) groups is 3. The molecule has 4 aliphatic heterocycles. The van der Waals surface area contributed by atoms with Gasteiger partial charge in [0, 0.05) is 63.4 Å². The van der Waals surface area contributed by atoms with Crippen LogP contribution in [0, 0.1) is 17.8 Å². The molecule has 42 heavy (non-hydrogen) atoms. The molecule has 0 saturated carbocycles. The number of thioether (sulfide) groups is 1. The Morgan fingerprint density at radius 2 is 1.83 bits per heavy atom. The molecule has 6 atom stereocenters. The van der Waals surface area contributed by atoms with E-state index in [1.165, 1.54) is 0 Å². The maximum Gasteiger partial charge on any atom is 0.247 e. The largest absolute Gasteiger partial charge is 0.396 e.